The SMILES string of the molecule is Cc1ccc(O)c(CNC[C@H]2CCc3nc(C(F)(F)F)cn3C2)n1. The van der Waals surface area contributed by atoms with Gasteiger partial charge in [0.05, 0.1) is 5.69 Å². The second-order valence-electron chi connectivity index (χ2n) is 6.15. The molecule has 2 N–H and O–H groups in total. The van der Waals surface area contributed by atoms with E-state index in [1.807, 2.05) is 6.92 Å². The van der Waals surface area contributed by atoms with Crippen molar-refractivity contribution in [1.29, 1.82) is 0 Å². The van der Waals surface area contributed by atoms with E-state index >= 15 is 0 Å². The second kappa shape index (κ2) is 6.43. The molecule has 0 unspecified atom stereocenters. The van der Waals surface area contributed by atoms with Crippen LogP contribution in [0.2, 0.25) is 0 Å². The lowest BCUT2D eigenvalue weighted by molar-refractivity contribution is -0.141. The molecule has 8 heteroatoms. The number of fused-ring (bicyclic) bond motifs is 1. The molecule has 0 aliphatic carbocycles. The van der Waals surface area contributed by atoms with E-state index in [9.17, 15) is 18.3 Å². The van der Waals surface area contributed by atoms with Crippen LogP contribution in [0.3, 0.4) is 0 Å². The molecule has 5 nitrogen and oxygen atoms in total. The summed E-state index contributed by atoms with van der Waals surface area (Å²) in [5.74, 6) is 0.861. The number of nitrogens with zero attached hydrogens (tertiary/aromatic N) is 3. The molecule has 1 aliphatic heterocycles. The normalized spacial score (nSPS) is 17.8. The van der Waals surface area contributed by atoms with E-state index in [1.54, 1.807) is 16.7 Å². The Kier molecular flexibility index (Phi) is 4.49. The van der Waals surface area contributed by atoms with E-state index in [4.69, 9.17) is 0 Å². The molecule has 0 spiro atoms. The van der Waals surface area contributed by atoms with Gasteiger partial charge in [0, 0.05) is 37.9 Å². The Morgan fingerprint density at radius 3 is 2.88 bits per heavy atom. The van der Waals surface area contributed by atoms with Crippen LogP contribution in [0.15, 0.2) is 18.3 Å². The van der Waals surface area contributed by atoms with Crippen LogP contribution < -0.4 is 5.32 Å². The van der Waals surface area contributed by atoms with Gasteiger partial charge in [0.25, 0.3) is 0 Å². The molecule has 130 valence electrons. The van der Waals surface area contributed by atoms with Gasteiger partial charge in [-0.15, -0.1) is 0 Å². The van der Waals surface area contributed by atoms with Crippen molar-refractivity contribution in [3.8, 4) is 5.75 Å². The number of halogens is 3. The Labute approximate surface area is 137 Å². The summed E-state index contributed by atoms with van der Waals surface area (Å²) in [6, 6.07) is 3.34. The van der Waals surface area contributed by atoms with Gasteiger partial charge >= 0.3 is 6.18 Å². The average Bonchev–Trinajstić information content (AvgIpc) is 2.94. The van der Waals surface area contributed by atoms with Crippen LogP contribution in [0.1, 0.15) is 29.3 Å². The molecule has 0 saturated carbocycles. The average molecular weight is 340 g/mol. The molecule has 2 aromatic heterocycles. The molecule has 3 heterocycles. The molecular weight excluding hydrogens is 321 g/mol. The number of imidazole rings is 1. The Balaban J connectivity index is 1.56. The highest BCUT2D eigenvalue weighted by Gasteiger charge is 2.35. The topological polar surface area (TPSA) is 63.0 Å². The Morgan fingerprint density at radius 1 is 1.33 bits per heavy atom. The summed E-state index contributed by atoms with van der Waals surface area (Å²) < 4.78 is 39.7. The number of hydrogen-bond donors (Lipinski definition) is 2. The predicted molar refractivity (Wildman–Crippen MR) is 81.4 cm³/mol. The molecule has 2 aromatic rings. The van der Waals surface area contributed by atoms with Crippen molar-refractivity contribution in [3.05, 3.63) is 41.2 Å². The van der Waals surface area contributed by atoms with Crippen LogP contribution in [-0.4, -0.2) is 26.2 Å². The van der Waals surface area contributed by atoms with Crippen LogP contribution >= 0.6 is 0 Å². The van der Waals surface area contributed by atoms with E-state index < -0.39 is 11.9 Å². The molecule has 1 atom stereocenters. The van der Waals surface area contributed by atoms with Crippen molar-refractivity contribution < 1.29 is 18.3 Å². The maximum Gasteiger partial charge on any atom is 0.434 e. The number of pyridine rings is 1. The highest BCUT2D eigenvalue weighted by Crippen LogP contribution is 2.30. The van der Waals surface area contributed by atoms with Crippen molar-refractivity contribution in [3.63, 3.8) is 0 Å². The minimum atomic E-state index is -4.40. The third-order valence-corrected chi connectivity index (χ3v) is 4.20. The van der Waals surface area contributed by atoms with Gasteiger partial charge in [-0.2, -0.15) is 13.2 Å². The van der Waals surface area contributed by atoms with E-state index in [1.165, 1.54) is 0 Å². The smallest absolute Gasteiger partial charge is 0.434 e. The fourth-order valence-electron chi connectivity index (χ4n) is 2.95. The van der Waals surface area contributed by atoms with Gasteiger partial charge in [-0.25, -0.2) is 4.98 Å². The number of aryl methyl sites for hydroxylation is 2. The molecule has 0 amide bonds. The summed E-state index contributed by atoms with van der Waals surface area (Å²) in [7, 11) is 0. The molecule has 3 rings (SSSR count). The Morgan fingerprint density at radius 2 is 2.12 bits per heavy atom. The van der Waals surface area contributed by atoms with E-state index in [0.717, 1.165) is 18.3 Å². The number of nitrogens with one attached hydrogen (secondary N) is 1. The first-order valence-electron chi connectivity index (χ1n) is 7.82. The fraction of sp³-hybridized carbons (Fsp3) is 0.500. The van der Waals surface area contributed by atoms with Gasteiger partial charge < -0.3 is 15.0 Å². The summed E-state index contributed by atoms with van der Waals surface area (Å²) in [4.78, 5) is 7.95. The first-order chi connectivity index (χ1) is 11.3. The van der Waals surface area contributed by atoms with Gasteiger partial charge in [-0.3, -0.25) is 4.98 Å². The van der Waals surface area contributed by atoms with Crippen LogP contribution in [0.4, 0.5) is 13.2 Å². The number of rotatable bonds is 4. The monoisotopic (exact) mass is 340 g/mol. The minimum absolute atomic E-state index is 0.142. The maximum atomic E-state index is 12.7. The standard InChI is InChI=1S/C16H19F3N4O/c1-10-2-4-13(24)12(21-10)7-20-6-11-3-5-15-22-14(16(17,18)19)9-23(15)8-11/h2,4,9,11,20,24H,3,5-8H2,1H3/t11-/m1/s1. The van der Waals surface area contributed by atoms with Gasteiger partial charge in [0.15, 0.2) is 5.69 Å². The quantitative estimate of drug-likeness (QED) is 0.898. The summed E-state index contributed by atoms with van der Waals surface area (Å²) in [5.41, 5.74) is 0.582. The summed E-state index contributed by atoms with van der Waals surface area (Å²) >= 11 is 0. The lowest BCUT2D eigenvalue weighted by Gasteiger charge is -2.24. The molecular formula is C16H19F3N4O. The zero-order chi connectivity index (χ0) is 17.3. The summed E-state index contributed by atoms with van der Waals surface area (Å²) in [5, 5.41) is 13.0. The zero-order valence-electron chi connectivity index (χ0n) is 13.3. The van der Waals surface area contributed by atoms with Crippen molar-refractivity contribution >= 4 is 0 Å². The number of aromatic hydroxyl groups is 1. The van der Waals surface area contributed by atoms with E-state index in [-0.39, 0.29) is 11.7 Å². The molecule has 1 aliphatic rings. The highest BCUT2D eigenvalue weighted by molar-refractivity contribution is 5.27. The van der Waals surface area contributed by atoms with Crippen molar-refractivity contribution in [2.24, 2.45) is 5.92 Å². The van der Waals surface area contributed by atoms with Gasteiger partial charge in [0.2, 0.25) is 0 Å². The maximum absolute atomic E-state index is 12.7. The van der Waals surface area contributed by atoms with Crippen LogP contribution in [0, 0.1) is 12.8 Å². The van der Waals surface area contributed by atoms with Crippen molar-refractivity contribution in [1.82, 2.24) is 19.9 Å². The third-order valence-electron chi connectivity index (χ3n) is 4.20. The van der Waals surface area contributed by atoms with Crippen LogP contribution in [0.5, 0.6) is 5.75 Å². The van der Waals surface area contributed by atoms with E-state index in [0.29, 0.717) is 37.6 Å². The second-order valence-corrected chi connectivity index (χ2v) is 6.15. The van der Waals surface area contributed by atoms with Gasteiger partial charge in [0.1, 0.15) is 11.6 Å². The summed E-state index contributed by atoms with van der Waals surface area (Å²) in [6.07, 6.45) is -1.98. The van der Waals surface area contributed by atoms with Gasteiger partial charge in [-0.05, 0) is 31.4 Å². The highest BCUT2D eigenvalue weighted by atomic mass is 19.4. The molecule has 24 heavy (non-hydrogen) atoms. The van der Waals surface area contributed by atoms with E-state index in [2.05, 4.69) is 15.3 Å². The largest absolute Gasteiger partial charge is 0.506 e. The van der Waals surface area contributed by atoms with Crippen LogP contribution in [-0.2, 0) is 25.7 Å². The molecule has 0 aromatic carbocycles. The zero-order valence-corrected chi connectivity index (χ0v) is 13.3. The molecule has 0 saturated heterocycles. The minimum Gasteiger partial charge on any atom is -0.506 e. The molecule has 0 bridgehead atoms. The summed E-state index contributed by atoms with van der Waals surface area (Å²) in [6.45, 7) is 3.43. The first kappa shape index (κ1) is 16.8. The Bertz CT molecular complexity index is 727. The lowest BCUT2D eigenvalue weighted by Crippen LogP contribution is -2.30. The van der Waals surface area contributed by atoms with Crippen molar-refractivity contribution in [2.45, 2.75) is 39.0 Å². The fourth-order valence-corrected chi connectivity index (χ4v) is 2.95. The first-order valence-corrected chi connectivity index (χ1v) is 7.82. The predicted octanol–water partition coefficient (Wildman–Crippen LogP) is 2.66. The molecule has 0 radical (unpaired) electrons. The number of aromatic nitrogens is 3. The third kappa shape index (κ3) is 3.69. The number of hydrogen-bond acceptors (Lipinski definition) is 4. The lowest BCUT2D eigenvalue weighted by atomic mass is 9.99. The van der Waals surface area contributed by atoms with Crippen molar-refractivity contribution in [2.75, 3.05) is 6.54 Å². The Hall–Kier alpha value is -2.09. The molecule has 0 fully saturated rings. The number of alkyl halides is 3. The van der Waals surface area contributed by atoms with Crippen LogP contribution in [0.25, 0.3) is 0 Å². The van der Waals surface area contributed by atoms with Gasteiger partial charge in [-0.1, -0.05) is 0 Å².